The molecule has 2 N–H and O–H groups in total. The number of hydroxylamine groups is 1. The van der Waals surface area contributed by atoms with Crippen LogP contribution < -0.4 is 5.48 Å². The standard InChI is InChI=1S/C21H21FN2O4S2.ClH/c1-2-13-24-14-11-21(12-15-24,20(25)23-26)30(27,28)17-9-7-16(8-10-17)29-19-6-4-3-5-18(19)22;/h1,3-10,26H,11-15H2,(H,23,25);1H. The molecule has 1 aliphatic heterocycles. The van der Waals surface area contributed by atoms with Crippen LogP contribution in [0.2, 0.25) is 0 Å². The van der Waals surface area contributed by atoms with Gasteiger partial charge in [-0.05, 0) is 49.2 Å². The van der Waals surface area contributed by atoms with Gasteiger partial charge >= 0.3 is 0 Å². The topological polar surface area (TPSA) is 86.7 Å². The molecule has 3 rings (SSSR count). The quantitative estimate of drug-likeness (QED) is 0.372. The van der Waals surface area contributed by atoms with E-state index in [1.54, 1.807) is 30.3 Å². The molecule has 6 nitrogen and oxygen atoms in total. The molecule has 2 aromatic rings. The van der Waals surface area contributed by atoms with Gasteiger partial charge in [-0.25, -0.2) is 18.3 Å². The molecule has 2 aromatic carbocycles. The number of halogens is 2. The van der Waals surface area contributed by atoms with Crippen molar-refractivity contribution in [3.05, 3.63) is 54.3 Å². The Morgan fingerprint density at radius 2 is 1.81 bits per heavy atom. The molecular weight excluding hydrogens is 463 g/mol. The molecule has 0 aliphatic carbocycles. The number of hydrogen-bond acceptors (Lipinski definition) is 6. The zero-order valence-corrected chi connectivity index (χ0v) is 18.9. The number of likely N-dealkylation sites (tertiary alicyclic amines) is 1. The van der Waals surface area contributed by atoms with Crippen LogP contribution in [0.4, 0.5) is 4.39 Å². The molecular formula is C21H22ClFN2O4S2. The van der Waals surface area contributed by atoms with Gasteiger partial charge in [-0.2, -0.15) is 0 Å². The number of nitrogens with one attached hydrogen (secondary N) is 1. The molecule has 10 heteroatoms. The molecule has 1 aliphatic rings. The van der Waals surface area contributed by atoms with Crippen molar-refractivity contribution in [1.29, 1.82) is 0 Å². The van der Waals surface area contributed by atoms with Crippen molar-refractivity contribution in [2.24, 2.45) is 0 Å². The Morgan fingerprint density at radius 1 is 1.19 bits per heavy atom. The van der Waals surface area contributed by atoms with E-state index in [-0.39, 0.29) is 36.0 Å². The number of benzene rings is 2. The van der Waals surface area contributed by atoms with Crippen molar-refractivity contribution >= 4 is 39.9 Å². The number of carbonyl (C=O) groups excluding carboxylic acids is 1. The maximum atomic E-state index is 13.9. The van der Waals surface area contributed by atoms with Gasteiger partial charge in [0.05, 0.1) is 11.4 Å². The van der Waals surface area contributed by atoms with E-state index in [0.29, 0.717) is 29.4 Å². The van der Waals surface area contributed by atoms with Gasteiger partial charge in [0.2, 0.25) is 0 Å². The fraction of sp³-hybridized carbons (Fsp3) is 0.286. The van der Waals surface area contributed by atoms with Crippen LogP contribution in [-0.2, 0) is 14.6 Å². The summed E-state index contributed by atoms with van der Waals surface area (Å²) in [7, 11) is -4.10. The number of sulfone groups is 1. The molecule has 0 spiro atoms. The predicted octanol–water partition coefficient (Wildman–Crippen LogP) is 3.15. The van der Waals surface area contributed by atoms with E-state index in [0.717, 1.165) is 0 Å². The van der Waals surface area contributed by atoms with Crippen molar-refractivity contribution in [2.45, 2.75) is 32.3 Å². The minimum Gasteiger partial charge on any atom is -0.292 e. The Bertz CT molecular complexity index is 1060. The van der Waals surface area contributed by atoms with Crippen LogP contribution in [0, 0.1) is 18.2 Å². The number of piperidine rings is 1. The number of rotatable bonds is 6. The van der Waals surface area contributed by atoms with Crippen molar-refractivity contribution in [2.75, 3.05) is 19.6 Å². The van der Waals surface area contributed by atoms with E-state index in [4.69, 9.17) is 6.42 Å². The summed E-state index contributed by atoms with van der Waals surface area (Å²) in [6.07, 6.45) is 5.33. The molecule has 1 saturated heterocycles. The molecule has 1 amide bonds. The summed E-state index contributed by atoms with van der Waals surface area (Å²) in [5, 5.41) is 9.22. The molecule has 1 heterocycles. The number of hydrogen-bond donors (Lipinski definition) is 2. The number of terminal acetylenes is 1. The first-order chi connectivity index (χ1) is 14.3. The minimum absolute atomic E-state index is 0. The first-order valence-corrected chi connectivity index (χ1v) is 11.5. The molecule has 0 unspecified atom stereocenters. The minimum atomic E-state index is -4.10. The Balaban J connectivity index is 0.00000341. The molecule has 0 atom stereocenters. The van der Waals surface area contributed by atoms with Crippen molar-refractivity contribution in [1.82, 2.24) is 10.4 Å². The summed E-state index contributed by atoms with van der Waals surface area (Å²) in [5.41, 5.74) is 1.53. The molecule has 31 heavy (non-hydrogen) atoms. The summed E-state index contributed by atoms with van der Waals surface area (Å²) in [6.45, 7) is 0.995. The highest BCUT2D eigenvalue weighted by Crippen LogP contribution is 2.37. The number of amides is 1. The fourth-order valence-corrected chi connectivity index (χ4v) is 6.28. The van der Waals surface area contributed by atoms with E-state index in [1.165, 1.54) is 35.4 Å². The number of nitrogens with zero attached hydrogens (tertiary/aromatic N) is 1. The van der Waals surface area contributed by atoms with Crippen molar-refractivity contribution in [3.63, 3.8) is 0 Å². The summed E-state index contributed by atoms with van der Waals surface area (Å²) < 4.78 is 38.9. The number of carbonyl (C=O) groups is 1. The first-order valence-electron chi connectivity index (χ1n) is 9.21. The highest BCUT2D eigenvalue weighted by molar-refractivity contribution is 7.99. The Morgan fingerprint density at radius 3 is 2.35 bits per heavy atom. The molecule has 0 radical (unpaired) electrons. The molecule has 166 valence electrons. The smallest absolute Gasteiger partial charge is 0.265 e. The van der Waals surface area contributed by atoms with E-state index < -0.39 is 20.5 Å². The highest BCUT2D eigenvalue weighted by atomic mass is 35.5. The van der Waals surface area contributed by atoms with Crippen LogP contribution in [0.1, 0.15) is 12.8 Å². The van der Waals surface area contributed by atoms with Crippen LogP contribution in [0.15, 0.2) is 63.2 Å². The lowest BCUT2D eigenvalue weighted by Crippen LogP contribution is -2.57. The zero-order valence-electron chi connectivity index (χ0n) is 16.5. The van der Waals surface area contributed by atoms with Crippen LogP contribution >= 0.6 is 24.2 Å². The summed E-state index contributed by atoms with van der Waals surface area (Å²) in [6, 6.07) is 12.2. The first kappa shape index (κ1) is 25.2. The maximum Gasteiger partial charge on any atom is 0.265 e. The Hall–Kier alpha value is -2.09. The third-order valence-electron chi connectivity index (χ3n) is 5.21. The van der Waals surface area contributed by atoms with Gasteiger partial charge in [-0.15, -0.1) is 18.8 Å². The molecule has 0 aromatic heterocycles. The van der Waals surface area contributed by atoms with Crippen LogP contribution in [0.3, 0.4) is 0 Å². The normalized spacial score (nSPS) is 16.0. The van der Waals surface area contributed by atoms with Crippen LogP contribution in [0.25, 0.3) is 0 Å². The largest absolute Gasteiger partial charge is 0.292 e. The monoisotopic (exact) mass is 484 g/mol. The molecule has 0 bridgehead atoms. The SMILES string of the molecule is C#CCN1CCC(C(=O)NO)(S(=O)(=O)c2ccc(Sc3ccccc3F)cc2)CC1.Cl. The highest BCUT2D eigenvalue weighted by Gasteiger charge is 2.52. The van der Waals surface area contributed by atoms with Crippen molar-refractivity contribution < 1.29 is 22.8 Å². The third-order valence-corrected chi connectivity index (χ3v) is 8.78. The fourth-order valence-electron chi connectivity index (χ4n) is 3.49. The van der Waals surface area contributed by atoms with E-state index in [9.17, 15) is 22.8 Å². The summed E-state index contributed by atoms with van der Waals surface area (Å²) in [4.78, 5) is 15.4. The molecule has 1 fully saturated rings. The van der Waals surface area contributed by atoms with Gasteiger partial charge in [0.15, 0.2) is 14.6 Å². The van der Waals surface area contributed by atoms with Crippen LogP contribution in [0.5, 0.6) is 0 Å². The second kappa shape index (κ2) is 10.5. The second-order valence-corrected chi connectivity index (χ2v) is 10.3. The van der Waals surface area contributed by atoms with Gasteiger partial charge in [0, 0.05) is 22.9 Å². The third kappa shape index (κ3) is 5.05. The lowest BCUT2D eigenvalue weighted by molar-refractivity contribution is -0.133. The van der Waals surface area contributed by atoms with Gasteiger partial charge in [-0.3, -0.25) is 14.9 Å². The Labute approximate surface area is 191 Å². The Kier molecular flexibility index (Phi) is 8.51. The lowest BCUT2D eigenvalue weighted by Gasteiger charge is -2.38. The maximum absolute atomic E-state index is 13.9. The lowest BCUT2D eigenvalue weighted by atomic mass is 9.95. The van der Waals surface area contributed by atoms with Gasteiger partial charge in [0.1, 0.15) is 5.82 Å². The second-order valence-electron chi connectivity index (χ2n) is 6.92. The van der Waals surface area contributed by atoms with Crippen LogP contribution in [-0.4, -0.2) is 48.8 Å². The average Bonchev–Trinajstić information content (AvgIpc) is 2.76. The van der Waals surface area contributed by atoms with E-state index in [2.05, 4.69) is 5.92 Å². The van der Waals surface area contributed by atoms with E-state index in [1.807, 2.05) is 4.90 Å². The van der Waals surface area contributed by atoms with Crippen molar-refractivity contribution in [3.8, 4) is 12.3 Å². The van der Waals surface area contributed by atoms with Gasteiger partial charge in [0.25, 0.3) is 5.91 Å². The zero-order chi connectivity index (χ0) is 21.8. The summed E-state index contributed by atoms with van der Waals surface area (Å²) >= 11 is 1.17. The van der Waals surface area contributed by atoms with E-state index >= 15 is 0 Å². The van der Waals surface area contributed by atoms with Gasteiger partial charge in [-0.1, -0.05) is 29.8 Å². The predicted molar refractivity (Wildman–Crippen MR) is 119 cm³/mol. The summed E-state index contributed by atoms with van der Waals surface area (Å²) in [5.74, 6) is 1.19. The van der Waals surface area contributed by atoms with Gasteiger partial charge < -0.3 is 0 Å². The molecule has 0 saturated carbocycles. The average molecular weight is 485 g/mol.